The van der Waals surface area contributed by atoms with Crippen molar-refractivity contribution in [3.8, 4) is 0 Å². The molecule has 182 valence electrons. The maximum atomic E-state index is 13.3. The first-order valence-electron chi connectivity index (χ1n) is 12.8. The lowest BCUT2D eigenvalue weighted by molar-refractivity contribution is -0.144. The number of hydrogen-bond acceptors (Lipinski definition) is 4. The molecule has 8 nitrogen and oxygen atoms in total. The number of aromatic nitrogens is 2. The van der Waals surface area contributed by atoms with E-state index in [0.717, 1.165) is 62.5 Å². The number of benzene rings is 1. The summed E-state index contributed by atoms with van der Waals surface area (Å²) >= 11 is 0. The van der Waals surface area contributed by atoms with Gasteiger partial charge in [0.2, 0.25) is 11.8 Å². The average molecular weight is 466 g/mol. The smallest absolute Gasteiger partial charge is 0.253 e. The van der Waals surface area contributed by atoms with E-state index in [4.69, 9.17) is 0 Å². The van der Waals surface area contributed by atoms with Gasteiger partial charge < -0.3 is 14.7 Å². The summed E-state index contributed by atoms with van der Waals surface area (Å²) in [5.41, 5.74) is 1.54. The van der Waals surface area contributed by atoms with Crippen molar-refractivity contribution >= 4 is 28.6 Å². The maximum Gasteiger partial charge on any atom is 0.253 e. The van der Waals surface area contributed by atoms with Crippen molar-refractivity contribution in [1.29, 1.82) is 0 Å². The molecule has 8 heteroatoms. The fourth-order valence-corrected chi connectivity index (χ4v) is 5.71. The van der Waals surface area contributed by atoms with Gasteiger partial charge in [0.25, 0.3) is 5.91 Å². The number of nitrogens with one attached hydrogen (secondary N) is 1. The van der Waals surface area contributed by atoms with E-state index in [1.165, 1.54) is 0 Å². The summed E-state index contributed by atoms with van der Waals surface area (Å²) in [5.74, 6) is 0.981. The summed E-state index contributed by atoms with van der Waals surface area (Å²) in [6.07, 6.45) is 7.04. The Hall–Kier alpha value is -2.90. The molecule has 1 atom stereocenters. The monoisotopic (exact) mass is 465 g/mol. The minimum atomic E-state index is -0.161. The molecule has 2 aromatic rings. The van der Waals surface area contributed by atoms with E-state index in [0.29, 0.717) is 37.7 Å². The number of rotatable bonds is 3. The van der Waals surface area contributed by atoms with Crippen LogP contribution in [0.5, 0.6) is 0 Å². The summed E-state index contributed by atoms with van der Waals surface area (Å²) < 4.78 is 0. The fourth-order valence-electron chi connectivity index (χ4n) is 5.71. The maximum absolute atomic E-state index is 13.3. The fraction of sp³-hybridized carbons (Fsp3) is 0.615. The van der Waals surface area contributed by atoms with Crippen LogP contribution in [0.3, 0.4) is 0 Å². The van der Waals surface area contributed by atoms with Crippen molar-refractivity contribution in [3.05, 3.63) is 30.0 Å². The highest BCUT2D eigenvalue weighted by molar-refractivity contribution is 5.98. The minimum absolute atomic E-state index is 0.0271. The zero-order chi connectivity index (χ0) is 23.7. The van der Waals surface area contributed by atoms with Crippen LogP contribution < -0.4 is 0 Å². The quantitative estimate of drug-likeness (QED) is 0.755. The molecule has 1 aromatic carbocycles. The molecule has 0 bridgehead atoms. The highest BCUT2D eigenvalue weighted by Gasteiger charge is 2.35. The van der Waals surface area contributed by atoms with Crippen LogP contribution in [0.1, 0.15) is 55.8 Å². The first-order chi connectivity index (χ1) is 16.5. The second kappa shape index (κ2) is 9.76. The average Bonchev–Trinajstić information content (AvgIpc) is 3.36. The van der Waals surface area contributed by atoms with Crippen LogP contribution in [0.4, 0.5) is 0 Å². The number of aromatic amines is 1. The summed E-state index contributed by atoms with van der Waals surface area (Å²) in [5, 5.41) is 7.84. The number of fused-ring (bicyclic) bond motifs is 1. The summed E-state index contributed by atoms with van der Waals surface area (Å²) in [4.78, 5) is 45.1. The van der Waals surface area contributed by atoms with Gasteiger partial charge in [0.05, 0.1) is 17.6 Å². The van der Waals surface area contributed by atoms with Crippen LogP contribution in [0.2, 0.25) is 0 Å². The van der Waals surface area contributed by atoms with Crippen molar-refractivity contribution in [2.45, 2.75) is 45.4 Å². The van der Waals surface area contributed by atoms with Gasteiger partial charge in [-0.1, -0.05) is 6.92 Å². The molecule has 3 aliphatic heterocycles. The Morgan fingerprint density at radius 1 is 0.853 bits per heavy atom. The largest absolute Gasteiger partial charge is 0.342 e. The van der Waals surface area contributed by atoms with E-state index in [-0.39, 0.29) is 29.6 Å². The van der Waals surface area contributed by atoms with Crippen LogP contribution in [0.15, 0.2) is 24.4 Å². The lowest BCUT2D eigenvalue weighted by Gasteiger charge is -2.39. The molecule has 3 aliphatic rings. The third-order valence-electron chi connectivity index (χ3n) is 8.00. The van der Waals surface area contributed by atoms with E-state index < -0.39 is 0 Å². The molecule has 5 rings (SSSR count). The van der Waals surface area contributed by atoms with Crippen molar-refractivity contribution in [2.75, 3.05) is 39.3 Å². The highest BCUT2D eigenvalue weighted by atomic mass is 16.2. The molecule has 3 saturated heterocycles. The van der Waals surface area contributed by atoms with Gasteiger partial charge in [-0.05, 0) is 62.6 Å². The zero-order valence-corrected chi connectivity index (χ0v) is 20.0. The number of hydrogen-bond donors (Lipinski definition) is 1. The molecular weight excluding hydrogens is 430 g/mol. The minimum Gasteiger partial charge on any atom is -0.342 e. The Labute approximate surface area is 200 Å². The molecule has 4 heterocycles. The van der Waals surface area contributed by atoms with Gasteiger partial charge in [-0.25, -0.2) is 0 Å². The Morgan fingerprint density at radius 2 is 1.53 bits per heavy atom. The van der Waals surface area contributed by atoms with Crippen molar-refractivity contribution < 1.29 is 14.4 Å². The van der Waals surface area contributed by atoms with Crippen LogP contribution >= 0.6 is 0 Å². The third kappa shape index (κ3) is 4.68. The van der Waals surface area contributed by atoms with Gasteiger partial charge in [0, 0.05) is 56.1 Å². The summed E-state index contributed by atoms with van der Waals surface area (Å²) in [6.45, 7) is 6.42. The van der Waals surface area contributed by atoms with Crippen LogP contribution in [0, 0.1) is 17.8 Å². The van der Waals surface area contributed by atoms with Crippen molar-refractivity contribution in [2.24, 2.45) is 17.8 Å². The molecule has 34 heavy (non-hydrogen) atoms. The van der Waals surface area contributed by atoms with Gasteiger partial charge in [-0.3, -0.25) is 19.5 Å². The molecule has 0 radical (unpaired) electrons. The summed E-state index contributed by atoms with van der Waals surface area (Å²) in [7, 11) is 0. The lowest BCUT2D eigenvalue weighted by Crippen LogP contribution is -2.50. The van der Waals surface area contributed by atoms with Crippen molar-refractivity contribution in [1.82, 2.24) is 24.9 Å². The van der Waals surface area contributed by atoms with Crippen LogP contribution in [-0.2, 0) is 9.59 Å². The molecule has 0 aliphatic carbocycles. The topological polar surface area (TPSA) is 89.6 Å². The lowest BCUT2D eigenvalue weighted by atomic mass is 9.90. The van der Waals surface area contributed by atoms with Gasteiger partial charge in [0.15, 0.2) is 0 Å². The first kappa shape index (κ1) is 22.9. The molecule has 1 N–H and O–H groups in total. The summed E-state index contributed by atoms with van der Waals surface area (Å²) in [6, 6.07) is 5.55. The molecule has 1 aromatic heterocycles. The Bertz CT molecular complexity index is 1050. The molecular formula is C26H35N5O3. The number of carbonyl (C=O) groups is 3. The molecule has 0 spiro atoms. The number of carbonyl (C=O) groups excluding carboxylic acids is 3. The number of likely N-dealkylation sites (tertiary alicyclic amines) is 3. The molecule has 0 saturated carbocycles. The first-order valence-corrected chi connectivity index (χ1v) is 12.8. The van der Waals surface area contributed by atoms with E-state index in [1.54, 1.807) is 6.20 Å². The molecule has 3 amide bonds. The second-order valence-electron chi connectivity index (χ2n) is 10.4. The van der Waals surface area contributed by atoms with E-state index in [9.17, 15) is 14.4 Å². The van der Waals surface area contributed by atoms with E-state index in [1.807, 2.05) is 32.9 Å². The highest BCUT2D eigenvalue weighted by Crippen LogP contribution is 2.27. The second-order valence-corrected chi connectivity index (χ2v) is 10.4. The molecule has 3 fully saturated rings. The Kier molecular flexibility index (Phi) is 6.57. The number of nitrogens with zero attached hydrogens (tertiary/aromatic N) is 4. The van der Waals surface area contributed by atoms with E-state index in [2.05, 4.69) is 17.1 Å². The third-order valence-corrected chi connectivity index (χ3v) is 8.00. The number of piperidine rings is 3. The van der Waals surface area contributed by atoms with Gasteiger partial charge >= 0.3 is 0 Å². The van der Waals surface area contributed by atoms with Crippen LogP contribution in [-0.4, -0.2) is 81.9 Å². The zero-order valence-electron chi connectivity index (χ0n) is 20.0. The van der Waals surface area contributed by atoms with E-state index >= 15 is 0 Å². The van der Waals surface area contributed by atoms with Gasteiger partial charge in [-0.2, -0.15) is 5.10 Å². The standard InChI is InChI=1S/C26H35N5O3/c1-18-6-11-29(12-7-18)24(32)19-8-13-30(14-9-19)26(34)21-3-2-10-31(17-21)25(33)20-4-5-23-22(15-20)16-27-28-23/h4-5,15-16,18-19,21H,2-3,6-14,17H2,1H3,(H,27,28). The SMILES string of the molecule is CC1CCN(C(=O)C2CCN(C(=O)C3CCCN(C(=O)c4ccc5[nH]ncc5c4)C3)CC2)CC1. The Balaban J connectivity index is 1.15. The Morgan fingerprint density at radius 3 is 2.26 bits per heavy atom. The predicted molar refractivity (Wildman–Crippen MR) is 129 cm³/mol. The normalized spacial score (nSPS) is 22.9. The van der Waals surface area contributed by atoms with Gasteiger partial charge in [0.1, 0.15) is 0 Å². The number of amides is 3. The van der Waals surface area contributed by atoms with Gasteiger partial charge in [-0.15, -0.1) is 0 Å². The molecule has 1 unspecified atom stereocenters. The predicted octanol–water partition coefficient (Wildman–Crippen LogP) is 2.91. The van der Waals surface area contributed by atoms with Crippen molar-refractivity contribution in [3.63, 3.8) is 0 Å². The van der Waals surface area contributed by atoms with Crippen LogP contribution in [0.25, 0.3) is 10.9 Å². The number of H-pyrrole nitrogens is 1.